The molecule has 0 aliphatic carbocycles. The minimum Gasteiger partial charge on any atom is -0.372 e. The first-order chi connectivity index (χ1) is 14.9. The Morgan fingerprint density at radius 3 is 3.00 bits per heavy atom. The van der Waals surface area contributed by atoms with Crippen LogP contribution in [-0.4, -0.2) is 71.2 Å². The van der Waals surface area contributed by atoms with Crippen molar-refractivity contribution in [3.05, 3.63) is 36.0 Å². The number of morpholine rings is 1. The SMILES string of the molecule is CC1(C)CN(c2ccc3nccc(C(=O)NCC(=O)N4CSCC4C#N)c3c2)CCO1. The number of amides is 2. The van der Waals surface area contributed by atoms with Crippen molar-refractivity contribution in [3.63, 3.8) is 0 Å². The van der Waals surface area contributed by atoms with Gasteiger partial charge in [-0.2, -0.15) is 5.26 Å². The standard InChI is InChI=1S/C22H25N5O3S/c1-22(2)13-26(7-8-30-22)15-3-4-19-18(9-15)17(5-6-24-19)21(29)25-11-20(28)27-14-31-12-16(27)10-23/h3-6,9,16H,7-8,11-14H2,1-2H3,(H,25,29). The summed E-state index contributed by atoms with van der Waals surface area (Å²) < 4.78 is 5.80. The van der Waals surface area contributed by atoms with Crippen molar-refractivity contribution in [2.45, 2.75) is 25.5 Å². The third-order valence-electron chi connectivity index (χ3n) is 5.51. The number of carbonyl (C=O) groups is 2. The number of fused-ring (bicyclic) bond motifs is 1. The molecule has 1 aromatic carbocycles. The first kappa shape index (κ1) is 21.4. The van der Waals surface area contributed by atoms with Crippen LogP contribution >= 0.6 is 11.8 Å². The number of rotatable bonds is 4. The molecule has 1 unspecified atom stereocenters. The van der Waals surface area contributed by atoms with Gasteiger partial charge in [0.1, 0.15) is 6.04 Å². The van der Waals surface area contributed by atoms with Crippen molar-refractivity contribution < 1.29 is 14.3 Å². The topological polar surface area (TPSA) is 98.6 Å². The van der Waals surface area contributed by atoms with Gasteiger partial charge in [0.05, 0.1) is 41.8 Å². The number of nitrogens with zero attached hydrogens (tertiary/aromatic N) is 4. The van der Waals surface area contributed by atoms with E-state index in [1.165, 1.54) is 16.7 Å². The van der Waals surface area contributed by atoms with Gasteiger partial charge in [-0.25, -0.2) is 0 Å². The summed E-state index contributed by atoms with van der Waals surface area (Å²) in [5.41, 5.74) is 1.96. The fourth-order valence-electron chi connectivity index (χ4n) is 3.91. The number of ether oxygens (including phenoxy) is 1. The smallest absolute Gasteiger partial charge is 0.252 e. The Hall–Kier alpha value is -2.83. The lowest BCUT2D eigenvalue weighted by atomic mass is 10.0. The van der Waals surface area contributed by atoms with E-state index in [0.717, 1.165) is 29.7 Å². The average molecular weight is 440 g/mol. The number of thioether (sulfide) groups is 1. The van der Waals surface area contributed by atoms with Crippen molar-refractivity contribution in [3.8, 4) is 6.07 Å². The molecule has 2 aliphatic rings. The Morgan fingerprint density at radius 1 is 1.39 bits per heavy atom. The van der Waals surface area contributed by atoms with E-state index in [1.807, 2.05) is 18.2 Å². The van der Waals surface area contributed by atoms with Gasteiger partial charge in [-0.1, -0.05) is 0 Å². The van der Waals surface area contributed by atoms with Crippen LogP contribution in [-0.2, 0) is 9.53 Å². The summed E-state index contributed by atoms with van der Waals surface area (Å²) >= 11 is 1.54. The molecule has 0 radical (unpaired) electrons. The number of hydrogen-bond donors (Lipinski definition) is 1. The molecular formula is C22H25N5O3S. The number of aromatic nitrogens is 1. The van der Waals surface area contributed by atoms with Gasteiger partial charge in [0.25, 0.3) is 5.91 Å². The quantitative estimate of drug-likeness (QED) is 0.778. The van der Waals surface area contributed by atoms with Crippen molar-refractivity contribution in [1.29, 1.82) is 5.26 Å². The summed E-state index contributed by atoms with van der Waals surface area (Å²) in [6.45, 7) is 6.16. The normalized spacial score (nSPS) is 20.5. The van der Waals surface area contributed by atoms with Crippen LogP contribution in [0.25, 0.3) is 10.9 Å². The molecule has 0 spiro atoms. The number of nitriles is 1. The Kier molecular flexibility index (Phi) is 6.03. The highest BCUT2D eigenvalue weighted by molar-refractivity contribution is 7.99. The zero-order valence-corrected chi connectivity index (χ0v) is 18.4. The van der Waals surface area contributed by atoms with Gasteiger partial charge < -0.3 is 19.9 Å². The van der Waals surface area contributed by atoms with Gasteiger partial charge >= 0.3 is 0 Å². The van der Waals surface area contributed by atoms with E-state index in [0.29, 0.717) is 23.8 Å². The van der Waals surface area contributed by atoms with Crippen LogP contribution in [0.3, 0.4) is 0 Å². The highest BCUT2D eigenvalue weighted by Gasteiger charge is 2.30. The molecule has 3 heterocycles. The number of carbonyl (C=O) groups excluding carboxylic acids is 2. The molecule has 2 aliphatic heterocycles. The predicted molar refractivity (Wildman–Crippen MR) is 120 cm³/mol. The Balaban J connectivity index is 1.52. The van der Waals surface area contributed by atoms with Crippen molar-refractivity contribution in [1.82, 2.24) is 15.2 Å². The van der Waals surface area contributed by atoms with Gasteiger partial charge in [-0.15, -0.1) is 11.8 Å². The molecule has 2 fully saturated rings. The van der Waals surface area contributed by atoms with Crippen LogP contribution in [0.1, 0.15) is 24.2 Å². The predicted octanol–water partition coefficient (Wildman–Crippen LogP) is 2.00. The van der Waals surface area contributed by atoms with Crippen LogP contribution in [0.2, 0.25) is 0 Å². The molecule has 162 valence electrons. The first-order valence-corrected chi connectivity index (χ1v) is 11.4. The van der Waals surface area contributed by atoms with Crippen LogP contribution in [0, 0.1) is 11.3 Å². The molecule has 8 nitrogen and oxygen atoms in total. The van der Waals surface area contributed by atoms with Crippen molar-refractivity contribution >= 4 is 40.2 Å². The number of nitrogens with one attached hydrogen (secondary N) is 1. The van der Waals surface area contributed by atoms with Gasteiger partial charge in [0, 0.05) is 36.1 Å². The average Bonchev–Trinajstić information content (AvgIpc) is 3.25. The second-order valence-corrected chi connectivity index (χ2v) is 9.28. The molecule has 9 heteroatoms. The Bertz CT molecular complexity index is 1050. The van der Waals surface area contributed by atoms with Crippen LogP contribution in [0.4, 0.5) is 5.69 Å². The van der Waals surface area contributed by atoms with E-state index < -0.39 is 6.04 Å². The summed E-state index contributed by atoms with van der Waals surface area (Å²) in [6.07, 6.45) is 1.60. The molecule has 1 aromatic heterocycles. The first-order valence-electron chi connectivity index (χ1n) is 10.2. The number of hydrogen-bond acceptors (Lipinski definition) is 7. The van der Waals surface area contributed by atoms with E-state index in [-0.39, 0.29) is 24.0 Å². The summed E-state index contributed by atoms with van der Waals surface area (Å²) in [5.74, 6) is 0.497. The fraction of sp³-hybridized carbons (Fsp3) is 0.455. The lowest BCUT2D eigenvalue weighted by molar-refractivity contribution is -0.129. The van der Waals surface area contributed by atoms with E-state index >= 15 is 0 Å². The largest absolute Gasteiger partial charge is 0.372 e. The lowest BCUT2D eigenvalue weighted by Gasteiger charge is -2.39. The maximum absolute atomic E-state index is 12.9. The van der Waals surface area contributed by atoms with E-state index in [2.05, 4.69) is 35.1 Å². The van der Waals surface area contributed by atoms with E-state index in [9.17, 15) is 9.59 Å². The maximum atomic E-state index is 12.9. The van der Waals surface area contributed by atoms with Gasteiger partial charge in [0.15, 0.2) is 0 Å². The molecule has 4 rings (SSSR count). The van der Waals surface area contributed by atoms with Gasteiger partial charge in [-0.05, 0) is 38.1 Å². The summed E-state index contributed by atoms with van der Waals surface area (Å²) in [5, 5.41) is 12.6. The minimum atomic E-state index is -0.434. The van der Waals surface area contributed by atoms with Crippen molar-refractivity contribution in [2.24, 2.45) is 0 Å². The fourth-order valence-corrected chi connectivity index (χ4v) is 5.02. The third-order valence-corrected chi connectivity index (χ3v) is 6.52. The zero-order valence-electron chi connectivity index (χ0n) is 17.6. The molecule has 2 aromatic rings. The zero-order chi connectivity index (χ0) is 22.0. The van der Waals surface area contributed by atoms with E-state index in [1.54, 1.807) is 12.3 Å². The summed E-state index contributed by atoms with van der Waals surface area (Å²) in [4.78, 5) is 33.5. The molecule has 31 heavy (non-hydrogen) atoms. The second kappa shape index (κ2) is 8.73. The summed E-state index contributed by atoms with van der Waals surface area (Å²) in [6, 6.07) is 9.26. The van der Waals surface area contributed by atoms with Crippen LogP contribution < -0.4 is 10.2 Å². The highest BCUT2D eigenvalue weighted by atomic mass is 32.2. The molecule has 1 N–H and O–H groups in total. The molecule has 2 amide bonds. The molecular weight excluding hydrogens is 414 g/mol. The van der Waals surface area contributed by atoms with Crippen LogP contribution in [0.5, 0.6) is 0 Å². The number of anilines is 1. The second-order valence-electron chi connectivity index (χ2n) is 8.28. The molecule has 0 bridgehead atoms. The lowest BCUT2D eigenvalue weighted by Crippen LogP contribution is -2.48. The Labute approximate surface area is 185 Å². The van der Waals surface area contributed by atoms with Gasteiger partial charge in [-0.3, -0.25) is 14.6 Å². The monoisotopic (exact) mass is 439 g/mol. The number of pyridine rings is 1. The van der Waals surface area contributed by atoms with E-state index in [4.69, 9.17) is 10.00 Å². The minimum absolute atomic E-state index is 0.140. The third kappa shape index (κ3) is 4.60. The number of benzene rings is 1. The summed E-state index contributed by atoms with van der Waals surface area (Å²) in [7, 11) is 0. The van der Waals surface area contributed by atoms with Crippen molar-refractivity contribution in [2.75, 3.05) is 42.8 Å². The molecule has 0 saturated carbocycles. The maximum Gasteiger partial charge on any atom is 0.252 e. The molecule has 2 saturated heterocycles. The van der Waals surface area contributed by atoms with Crippen LogP contribution in [0.15, 0.2) is 30.5 Å². The highest BCUT2D eigenvalue weighted by Crippen LogP contribution is 2.27. The molecule has 1 atom stereocenters. The Morgan fingerprint density at radius 2 is 2.23 bits per heavy atom. The van der Waals surface area contributed by atoms with Gasteiger partial charge in [0.2, 0.25) is 5.91 Å².